The highest BCUT2D eigenvalue weighted by molar-refractivity contribution is 5.77. The van der Waals surface area contributed by atoms with Gasteiger partial charge in [-0.3, -0.25) is 0 Å². The molecule has 10 aromatic rings. The number of hydrogen-bond acceptors (Lipinski definition) is 3. The molecule has 0 aliphatic heterocycles. The minimum Gasteiger partial charge on any atom is -0.208 e. The fourth-order valence-electron chi connectivity index (χ4n) is 9.04. The van der Waals surface area contributed by atoms with Gasteiger partial charge in [-0.05, 0) is 101 Å². The van der Waals surface area contributed by atoms with Crippen LogP contribution in [0.25, 0.3) is 106 Å². The molecule has 10 rings (SSSR count). The van der Waals surface area contributed by atoms with Crippen LogP contribution >= 0.6 is 0 Å². The molecule has 0 spiro atoms. The van der Waals surface area contributed by atoms with E-state index in [-0.39, 0.29) is 10.8 Å². The molecular weight excluding hydrogens is 859 g/mol. The predicted octanol–water partition coefficient (Wildman–Crippen LogP) is 18.5. The van der Waals surface area contributed by atoms with Crippen molar-refractivity contribution in [1.82, 2.24) is 15.0 Å². The summed E-state index contributed by atoms with van der Waals surface area (Å²) in [6.45, 7) is 19.6. The lowest BCUT2D eigenvalue weighted by Gasteiger charge is -2.19. The van der Waals surface area contributed by atoms with Gasteiger partial charge in [-0.2, -0.15) is 0 Å². The van der Waals surface area contributed by atoms with Crippen LogP contribution in [0.2, 0.25) is 0 Å². The first-order valence-corrected chi connectivity index (χ1v) is 24.6. The van der Waals surface area contributed by atoms with Gasteiger partial charge in [0.25, 0.3) is 0 Å². The van der Waals surface area contributed by atoms with Crippen LogP contribution in [0.3, 0.4) is 0 Å². The van der Waals surface area contributed by atoms with Crippen LogP contribution in [0, 0.1) is 0 Å². The van der Waals surface area contributed by atoms with E-state index in [2.05, 4.69) is 267 Å². The largest absolute Gasteiger partial charge is 0.208 e. The van der Waals surface area contributed by atoms with Crippen molar-refractivity contribution in [2.24, 2.45) is 0 Å². The van der Waals surface area contributed by atoms with Gasteiger partial charge >= 0.3 is 0 Å². The molecule has 0 unspecified atom stereocenters. The van der Waals surface area contributed by atoms with Crippen LogP contribution in [0.15, 0.2) is 225 Å². The second-order valence-corrected chi connectivity index (χ2v) is 20.8. The van der Waals surface area contributed by atoms with Crippen molar-refractivity contribution in [2.75, 3.05) is 0 Å². The lowest BCUT2D eigenvalue weighted by atomic mass is 9.86. The van der Waals surface area contributed by atoms with E-state index in [1.165, 1.54) is 44.5 Å². The Morgan fingerprint density at radius 2 is 0.408 bits per heavy atom. The quantitative estimate of drug-likeness (QED) is 0.137. The van der Waals surface area contributed by atoms with Gasteiger partial charge in [0.1, 0.15) is 0 Å². The lowest BCUT2D eigenvalue weighted by Crippen LogP contribution is -2.10. The summed E-state index contributed by atoms with van der Waals surface area (Å²) in [6, 6.07) is 78.4. The van der Waals surface area contributed by atoms with Crippen LogP contribution in [0.5, 0.6) is 0 Å². The Labute approximate surface area is 420 Å². The highest BCUT2D eigenvalue weighted by atomic mass is 15.0. The predicted molar refractivity (Wildman–Crippen MR) is 301 cm³/mol. The molecular formula is C68H59N3. The second-order valence-electron chi connectivity index (χ2n) is 20.8. The molecule has 0 amide bonds. The molecule has 3 heteroatoms. The molecule has 1 heterocycles. The first-order valence-electron chi connectivity index (χ1n) is 24.6. The Morgan fingerprint density at radius 3 is 0.577 bits per heavy atom. The van der Waals surface area contributed by atoms with Gasteiger partial charge in [0.05, 0.1) is 0 Å². The van der Waals surface area contributed by atoms with Crippen molar-refractivity contribution < 1.29 is 0 Å². The van der Waals surface area contributed by atoms with E-state index >= 15 is 0 Å². The Kier molecular flexibility index (Phi) is 12.6. The first kappa shape index (κ1) is 46.5. The molecule has 0 fully saturated rings. The molecule has 0 radical (unpaired) electrons. The van der Waals surface area contributed by atoms with Gasteiger partial charge in [0, 0.05) is 16.7 Å². The summed E-state index contributed by atoms with van der Waals surface area (Å²) in [5.74, 6) is 1.86. The normalized spacial score (nSPS) is 11.6. The molecule has 0 aliphatic carbocycles. The summed E-state index contributed by atoms with van der Waals surface area (Å²) in [5, 5.41) is 0. The number of benzene rings is 9. The van der Waals surface area contributed by atoms with Gasteiger partial charge in [-0.1, -0.05) is 272 Å². The van der Waals surface area contributed by atoms with Crippen LogP contribution in [0.1, 0.15) is 65.2 Å². The van der Waals surface area contributed by atoms with Crippen LogP contribution in [0.4, 0.5) is 0 Å². The van der Waals surface area contributed by atoms with E-state index in [1.54, 1.807) is 0 Å². The lowest BCUT2D eigenvalue weighted by molar-refractivity contribution is 0.590. The molecule has 0 aliphatic rings. The summed E-state index contributed by atoms with van der Waals surface area (Å²) in [4.78, 5) is 15.4. The highest BCUT2D eigenvalue weighted by Gasteiger charge is 2.17. The Hall–Kier alpha value is -8.27. The molecule has 0 N–H and O–H groups in total. The van der Waals surface area contributed by atoms with E-state index < -0.39 is 0 Å². The maximum atomic E-state index is 5.12. The number of allylic oxidation sites excluding steroid dienone is 1. The van der Waals surface area contributed by atoms with Crippen molar-refractivity contribution in [3.8, 4) is 101 Å². The standard InChI is InChI=1S/C68H59N3/c1-45(2)46-9-11-47(12-10-46)48-13-15-49(16-14-48)54-25-31-59(32-26-54)64-69-65(60-33-27-55(28-34-60)50-17-21-52(22-18-50)57-37-41-62(42-38-57)67(3,4)5)71-66(70-64)61-35-29-56(30-36-61)51-19-23-53(24-20-51)58-39-43-63(44-40-58)68(6,7)8/h9-44H,1H2,2-8H3. The molecule has 346 valence electrons. The molecule has 9 aromatic carbocycles. The third kappa shape index (κ3) is 10.4. The summed E-state index contributed by atoms with van der Waals surface area (Å²) in [5.41, 5.74) is 21.9. The topological polar surface area (TPSA) is 38.7 Å². The third-order valence-corrected chi connectivity index (χ3v) is 13.6. The molecule has 0 saturated heterocycles. The second kappa shape index (κ2) is 19.3. The van der Waals surface area contributed by atoms with E-state index in [1.807, 2.05) is 6.92 Å². The minimum atomic E-state index is 0.125. The number of nitrogens with zero attached hydrogens (tertiary/aromatic N) is 3. The van der Waals surface area contributed by atoms with Crippen LogP contribution in [-0.4, -0.2) is 15.0 Å². The molecule has 0 bridgehead atoms. The SMILES string of the molecule is C=C(C)c1ccc(-c2ccc(-c3ccc(-c4nc(-c5ccc(-c6ccc(-c7ccc(C(C)(C)C)cc7)cc6)cc5)nc(-c5ccc(-c6ccc(-c7ccc(C(C)(C)C)cc7)cc6)cc5)n4)cc3)cc2)cc1. The highest BCUT2D eigenvalue weighted by Crippen LogP contribution is 2.34. The zero-order valence-corrected chi connectivity index (χ0v) is 41.8. The fourth-order valence-corrected chi connectivity index (χ4v) is 9.04. The maximum absolute atomic E-state index is 5.12. The number of aromatic nitrogens is 3. The van der Waals surface area contributed by atoms with Gasteiger partial charge in [0.2, 0.25) is 0 Å². The van der Waals surface area contributed by atoms with Crippen molar-refractivity contribution >= 4 is 5.57 Å². The molecule has 0 atom stereocenters. The molecule has 71 heavy (non-hydrogen) atoms. The number of hydrogen-bond donors (Lipinski definition) is 0. The van der Waals surface area contributed by atoms with Crippen LogP contribution < -0.4 is 0 Å². The smallest absolute Gasteiger partial charge is 0.164 e. The fraction of sp³-hybridized carbons (Fsp3) is 0.132. The van der Waals surface area contributed by atoms with Gasteiger partial charge < -0.3 is 0 Å². The van der Waals surface area contributed by atoms with Crippen LogP contribution in [-0.2, 0) is 10.8 Å². The summed E-state index contributed by atoms with van der Waals surface area (Å²) in [7, 11) is 0. The first-order chi connectivity index (χ1) is 34.2. The monoisotopic (exact) mass is 917 g/mol. The zero-order chi connectivity index (χ0) is 49.3. The third-order valence-electron chi connectivity index (χ3n) is 13.6. The summed E-state index contributed by atoms with van der Waals surface area (Å²) in [6.07, 6.45) is 0. The molecule has 1 aromatic heterocycles. The van der Waals surface area contributed by atoms with E-state index in [0.29, 0.717) is 17.5 Å². The molecule has 3 nitrogen and oxygen atoms in total. The molecule has 0 saturated carbocycles. The van der Waals surface area contributed by atoms with E-state index in [0.717, 1.165) is 61.2 Å². The number of rotatable bonds is 10. The summed E-state index contributed by atoms with van der Waals surface area (Å²) < 4.78 is 0. The van der Waals surface area contributed by atoms with E-state index in [4.69, 9.17) is 15.0 Å². The Bertz CT molecular complexity index is 3280. The van der Waals surface area contributed by atoms with Crippen molar-refractivity contribution in [2.45, 2.75) is 59.3 Å². The van der Waals surface area contributed by atoms with Gasteiger partial charge in [-0.25, -0.2) is 15.0 Å². The Balaban J connectivity index is 0.929. The van der Waals surface area contributed by atoms with Gasteiger partial charge in [-0.15, -0.1) is 0 Å². The Morgan fingerprint density at radius 1 is 0.254 bits per heavy atom. The van der Waals surface area contributed by atoms with Crippen molar-refractivity contribution in [3.05, 3.63) is 242 Å². The zero-order valence-electron chi connectivity index (χ0n) is 41.8. The van der Waals surface area contributed by atoms with Gasteiger partial charge in [0.15, 0.2) is 17.5 Å². The average Bonchev–Trinajstić information content (AvgIpc) is 3.41. The van der Waals surface area contributed by atoms with Crippen molar-refractivity contribution in [1.29, 1.82) is 0 Å². The van der Waals surface area contributed by atoms with Crippen molar-refractivity contribution in [3.63, 3.8) is 0 Å². The summed E-state index contributed by atoms with van der Waals surface area (Å²) >= 11 is 0. The minimum absolute atomic E-state index is 0.125. The maximum Gasteiger partial charge on any atom is 0.164 e. The van der Waals surface area contributed by atoms with E-state index in [9.17, 15) is 0 Å². The average molecular weight is 918 g/mol.